The smallest absolute Gasteiger partial charge is 0.260 e. The molecule has 6 nitrogen and oxygen atoms in total. The van der Waals surface area contributed by atoms with Crippen LogP contribution in [0.5, 0.6) is 23.0 Å². The van der Waals surface area contributed by atoms with Gasteiger partial charge in [-0.05, 0) is 48.5 Å². The van der Waals surface area contributed by atoms with Gasteiger partial charge in [-0.15, -0.1) is 0 Å². The van der Waals surface area contributed by atoms with Gasteiger partial charge >= 0.3 is 0 Å². The van der Waals surface area contributed by atoms with Crippen molar-refractivity contribution in [3.63, 3.8) is 0 Å². The number of carbonyl (C=O) groups is 1. The van der Waals surface area contributed by atoms with E-state index < -0.39 is 0 Å². The molecular formula is C25H26N2O4. The molecule has 1 amide bonds. The SMILES string of the molecule is COc1cccc(N2CCN(C(=O)COc3ccc(Oc4ccccc4)cc3)CC2)c1. The Labute approximate surface area is 182 Å². The Morgan fingerprint density at radius 1 is 0.774 bits per heavy atom. The van der Waals surface area contributed by atoms with Crippen LogP contribution in [0.15, 0.2) is 78.9 Å². The number of rotatable bonds is 7. The summed E-state index contributed by atoms with van der Waals surface area (Å²) < 4.78 is 16.8. The van der Waals surface area contributed by atoms with Crippen molar-refractivity contribution >= 4 is 11.6 Å². The van der Waals surface area contributed by atoms with Crippen LogP contribution in [0.25, 0.3) is 0 Å². The van der Waals surface area contributed by atoms with Crippen molar-refractivity contribution in [3.05, 3.63) is 78.9 Å². The number of benzene rings is 3. The quantitative estimate of drug-likeness (QED) is 0.575. The van der Waals surface area contributed by atoms with E-state index in [0.29, 0.717) is 18.8 Å². The summed E-state index contributed by atoms with van der Waals surface area (Å²) in [5.41, 5.74) is 1.11. The molecule has 0 N–H and O–H groups in total. The number of para-hydroxylation sites is 1. The molecule has 0 aromatic heterocycles. The van der Waals surface area contributed by atoms with Crippen molar-refractivity contribution in [3.8, 4) is 23.0 Å². The number of ether oxygens (including phenoxy) is 3. The molecule has 1 saturated heterocycles. The first-order chi connectivity index (χ1) is 15.2. The van der Waals surface area contributed by atoms with E-state index in [1.54, 1.807) is 7.11 Å². The van der Waals surface area contributed by atoms with Gasteiger partial charge in [-0.1, -0.05) is 24.3 Å². The second kappa shape index (κ2) is 9.89. The maximum Gasteiger partial charge on any atom is 0.260 e. The van der Waals surface area contributed by atoms with Gasteiger partial charge in [0, 0.05) is 37.9 Å². The van der Waals surface area contributed by atoms with Gasteiger partial charge in [0.25, 0.3) is 5.91 Å². The Morgan fingerprint density at radius 2 is 1.42 bits per heavy atom. The zero-order valence-corrected chi connectivity index (χ0v) is 17.6. The van der Waals surface area contributed by atoms with Gasteiger partial charge in [-0.25, -0.2) is 0 Å². The van der Waals surface area contributed by atoms with E-state index in [-0.39, 0.29) is 12.5 Å². The monoisotopic (exact) mass is 418 g/mol. The molecule has 1 fully saturated rings. The molecule has 1 heterocycles. The predicted octanol–water partition coefficient (Wildman–Crippen LogP) is 4.22. The third-order valence-electron chi connectivity index (χ3n) is 5.22. The Bertz CT molecular complexity index is 984. The average molecular weight is 418 g/mol. The van der Waals surface area contributed by atoms with Gasteiger partial charge in [-0.2, -0.15) is 0 Å². The van der Waals surface area contributed by atoms with Crippen molar-refractivity contribution in [2.45, 2.75) is 0 Å². The largest absolute Gasteiger partial charge is 0.497 e. The molecule has 0 unspecified atom stereocenters. The molecule has 0 aliphatic carbocycles. The molecule has 0 saturated carbocycles. The fraction of sp³-hybridized carbons (Fsp3) is 0.240. The number of hydrogen-bond acceptors (Lipinski definition) is 5. The number of amides is 1. The fourth-order valence-electron chi connectivity index (χ4n) is 3.49. The van der Waals surface area contributed by atoms with Crippen LogP contribution in [0, 0.1) is 0 Å². The number of anilines is 1. The first-order valence-corrected chi connectivity index (χ1v) is 10.3. The molecule has 1 aliphatic heterocycles. The third kappa shape index (κ3) is 5.48. The van der Waals surface area contributed by atoms with Crippen LogP contribution in [-0.4, -0.2) is 50.7 Å². The maximum absolute atomic E-state index is 12.6. The van der Waals surface area contributed by atoms with Crippen LogP contribution in [0.4, 0.5) is 5.69 Å². The minimum Gasteiger partial charge on any atom is -0.497 e. The lowest BCUT2D eigenvalue weighted by Gasteiger charge is -2.36. The maximum atomic E-state index is 12.6. The van der Waals surface area contributed by atoms with Gasteiger partial charge in [0.05, 0.1) is 7.11 Å². The lowest BCUT2D eigenvalue weighted by molar-refractivity contribution is -0.133. The standard InChI is InChI=1S/C25H26N2O4/c1-29-24-9-5-6-20(18-24)26-14-16-27(17-15-26)25(28)19-30-21-10-12-23(13-11-21)31-22-7-3-2-4-8-22/h2-13,18H,14-17,19H2,1H3. The second-order valence-electron chi connectivity index (χ2n) is 7.24. The van der Waals surface area contributed by atoms with Crippen LogP contribution in [0.3, 0.4) is 0 Å². The van der Waals surface area contributed by atoms with E-state index in [1.165, 1.54) is 0 Å². The summed E-state index contributed by atoms with van der Waals surface area (Å²) >= 11 is 0. The highest BCUT2D eigenvalue weighted by Crippen LogP contribution is 2.24. The molecule has 4 rings (SSSR count). The normalized spacial score (nSPS) is 13.6. The Hall–Kier alpha value is -3.67. The molecule has 0 bridgehead atoms. The van der Waals surface area contributed by atoms with Crippen LogP contribution < -0.4 is 19.1 Å². The summed E-state index contributed by atoms with van der Waals surface area (Å²) in [7, 11) is 1.67. The summed E-state index contributed by atoms with van der Waals surface area (Å²) in [6.07, 6.45) is 0. The van der Waals surface area contributed by atoms with Crippen LogP contribution in [0.2, 0.25) is 0 Å². The molecule has 0 atom stereocenters. The Balaban J connectivity index is 1.24. The first-order valence-electron chi connectivity index (χ1n) is 10.3. The van der Waals surface area contributed by atoms with E-state index in [4.69, 9.17) is 14.2 Å². The number of piperazine rings is 1. The molecule has 1 aliphatic rings. The van der Waals surface area contributed by atoms with E-state index in [0.717, 1.165) is 36.0 Å². The molecule has 0 radical (unpaired) electrons. The first kappa shape index (κ1) is 20.6. The number of methoxy groups -OCH3 is 1. The summed E-state index contributed by atoms with van der Waals surface area (Å²) in [4.78, 5) is 16.7. The van der Waals surface area contributed by atoms with Crippen molar-refractivity contribution in [2.24, 2.45) is 0 Å². The molecule has 3 aromatic rings. The molecule has 0 spiro atoms. The van der Waals surface area contributed by atoms with E-state index >= 15 is 0 Å². The van der Waals surface area contributed by atoms with Crippen molar-refractivity contribution in [1.82, 2.24) is 4.90 Å². The number of hydrogen-bond donors (Lipinski definition) is 0. The van der Waals surface area contributed by atoms with E-state index in [2.05, 4.69) is 11.0 Å². The lowest BCUT2D eigenvalue weighted by Crippen LogP contribution is -2.50. The van der Waals surface area contributed by atoms with Crippen LogP contribution in [0.1, 0.15) is 0 Å². The molecule has 3 aromatic carbocycles. The molecular weight excluding hydrogens is 392 g/mol. The second-order valence-corrected chi connectivity index (χ2v) is 7.24. The van der Waals surface area contributed by atoms with E-state index in [1.807, 2.05) is 77.7 Å². The number of carbonyl (C=O) groups excluding carboxylic acids is 1. The van der Waals surface area contributed by atoms with Crippen molar-refractivity contribution < 1.29 is 19.0 Å². The summed E-state index contributed by atoms with van der Waals surface area (Å²) in [5.74, 6) is 2.97. The van der Waals surface area contributed by atoms with Crippen LogP contribution >= 0.6 is 0 Å². The highest BCUT2D eigenvalue weighted by Gasteiger charge is 2.21. The minimum absolute atomic E-state index is 0.00472. The summed E-state index contributed by atoms with van der Waals surface area (Å²) in [6, 6.07) is 24.9. The van der Waals surface area contributed by atoms with Gasteiger partial charge in [0.2, 0.25) is 0 Å². The Morgan fingerprint density at radius 3 is 2.13 bits per heavy atom. The Kier molecular flexibility index (Phi) is 6.57. The number of nitrogens with zero attached hydrogens (tertiary/aromatic N) is 2. The molecule has 31 heavy (non-hydrogen) atoms. The fourth-order valence-corrected chi connectivity index (χ4v) is 3.49. The van der Waals surface area contributed by atoms with E-state index in [9.17, 15) is 4.79 Å². The van der Waals surface area contributed by atoms with Gasteiger partial charge in [0.1, 0.15) is 23.0 Å². The van der Waals surface area contributed by atoms with Gasteiger partial charge in [-0.3, -0.25) is 4.79 Å². The predicted molar refractivity (Wildman–Crippen MR) is 120 cm³/mol. The van der Waals surface area contributed by atoms with Crippen molar-refractivity contribution in [2.75, 3.05) is 44.8 Å². The topological polar surface area (TPSA) is 51.2 Å². The average Bonchev–Trinajstić information content (AvgIpc) is 2.84. The molecule has 6 heteroatoms. The third-order valence-corrected chi connectivity index (χ3v) is 5.22. The molecule has 160 valence electrons. The van der Waals surface area contributed by atoms with Crippen molar-refractivity contribution in [1.29, 1.82) is 0 Å². The zero-order chi connectivity index (χ0) is 21.5. The lowest BCUT2D eigenvalue weighted by atomic mass is 10.2. The van der Waals surface area contributed by atoms with Gasteiger partial charge in [0.15, 0.2) is 6.61 Å². The summed E-state index contributed by atoms with van der Waals surface area (Å²) in [5, 5.41) is 0. The van der Waals surface area contributed by atoms with Gasteiger partial charge < -0.3 is 24.0 Å². The zero-order valence-electron chi connectivity index (χ0n) is 17.6. The highest BCUT2D eigenvalue weighted by atomic mass is 16.5. The minimum atomic E-state index is -0.00472. The summed E-state index contributed by atoms with van der Waals surface area (Å²) in [6.45, 7) is 2.93. The highest BCUT2D eigenvalue weighted by molar-refractivity contribution is 5.78. The van der Waals surface area contributed by atoms with Crippen LogP contribution in [-0.2, 0) is 4.79 Å².